The summed E-state index contributed by atoms with van der Waals surface area (Å²) in [6.45, 7) is 3.31. The number of carbonyl (C=O) groups is 1. The van der Waals surface area contributed by atoms with E-state index in [1.54, 1.807) is 0 Å². The molecule has 1 saturated heterocycles. The Labute approximate surface area is 143 Å². The molecule has 2 aromatic carbocycles. The molecule has 0 N–H and O–H groups in total. The van der Waals surface area contributed by atoms with Crippen molar-refractivity contribution in [1.29, 1.82) is 0 Å². The van der Waals surface area contributed by atoms with Crippen LogP contribution in [-0.4, -0.2) is 47.6 Å². The van der Waals surface area contributed by atoms with Gasteiger partial charge in [-0.05, 0) is 11.1 Å². The van der Waals surface area contributed by atoms with Crippen LogP contribution < -0.4 is 0 Å². The van der Waals surface area contributed by atoms with Crippen LogP contribution in [0, 0.1) is 0 Å². The highest BCUT2D eigenvalue weighted by molar-refractivity contribution is 7.81. The predicted molar refractivity (Wildman–Crippen MR) is 96.7 cm³/mol. The van der Waals surface area contributed by atoms with E-state index >= 15 is 0 Å². The Hall–Kier alpha value is -1.78. The average molecular weight is 326 g/mol. The summed E-state index contributed by atoms with van der Waals surface area (Å²) >= 11 is 4.10. The van der Waals surface area contributed by atoms with Crippen LogP contribution in [0.1, 0.15) is 17.2 Å². The molecular formula is C19H22N2OS. The molecule has 1 fully saturated rings. The van der Waals surface area contributed by atoms with E-state index in [1.807, 2.05) is 4.90 Å². The quantitative estimate of drug-likeness (QED) is 0.874. The van der Waals surface area contributed by atoms with E-state index in [1.165, 1.54) is 11.1 Å². The minimum atomic E-state index is 0.129. The van der Waals surface area contributed by atoms with Crippen molar-refractivity contribution in [3.63, 3.8) is 0 Å². The first-order valence-electron chi connectivity index (χ1n) is 8.02. The van der Waals surface area contributed by atoms with E-state index in [4.69, 9.17) is 0 Å². The van der Waals surface area contributed by atoms with Gasteiger partial charge in [-0.1, -0.05) is 60.7 Å². The molecule has 2 aromatic rings. The Kier molecular flexibility index (Phi) is 5.36. The van der Waals surface area contributed by atoms with Gasteiger partial charge in [-0.25, -0.2) is 0 Å². The number of piperazine rings is 1. The third-order valence-corrected chi connectivity index (χ3v) is 4.67. The van der Waals surface area contributed by atoms with Crippen molar-refractivity contribution in [2.45, 2.75) is 6.04 Å². The van der Waals surface area contributed by atoms with Crippen LogP contribution in [0.25, 0.3) is 0 Å². The molecule has 0 bridgehead atoms. The lowest BCUT2D eigenvalue weighted by molar-refractivity contribution is -0.130. The van der Waals surface area contributed by atoms with Gasteiger partial charge in [0, 0.05) is 26.2 Å². The van der Waals surface area contributed by atoms with E-state index in [9.17, 15) is 4.79 Å². The summed E-state index contributed by atoms with van der Waals surface area (Å²) in [5.74, 6) is 0.421. The van der Waals surface area contributed by atoms with Crippen LogP contribution >= 0.6 is 12.6 Å². The molecule has 120 valence electrons. The lowest BCUT2D eigenvalue weighted by Crippen LogP contribution is -2.50. The predicted octanol–water partition coefficient (Wildman–Crippen LogP) is 2.85. The Balaban J connectivity index is 1.82. The van der Waals surface area contributed by atoms with Gasteiger partial charge >= 0.3 is 0 Å². The molecule has 1 heterocycles. The second kappa shape index (κ2) is 7.66. The highest BCUT2D eigenvalue weighted by Crippen LogP contribution is 2.29. The van der Waals surface area contributed by atoms with Crippen molar-refractivity contribution >= 4 is 18.5 Å². The van der Waals surface area contributed by atoms with Gasteiger partial charge in [0.1, 0.15) is 0 Å². The molecule has 0 aliphatic carbocycles. The summed E-state index contributed by atoms with van der Waals surface area (Å²) in [6.07, 6.45) is 0. The standard InChI is InChI=1S/C19H22N2OS/c22-18(15-23)20-11-13-21(14-12-20)19(16-7-3-1-4-8-16)17-9-5-2-6-10-17/h1-10,19,23H,11-15H2. The zero-order valence-corrected chi connectivity index (χ0v) is 14.0. The van der Waals surface area contributed by atoms with E-state index in [0.29, 0.717) is 5.75 Å². The van der Waals surface area contributed by atoms with Crippen molar-refractivity contribution in [2.24, 2.45) is 0 Å². The van der Waals surface area contributed by atoms with Crippen LogP contribution in [0.15, 0.2) is 60.7 Å². The summed E-state index contributed by atoms with van der Waals surface area (Å²) in [4.78, 5) is 16.2. The molecule has 0 radical (unpaired) electrons. The summed E-state index contributed by atoms with van der Waals surface area (Å²) in [7, 11) is 0. The molecule has 1 amide bonds. The molecule has 0 unspecified atom stereocenters. The second-order valence-corrected chi connectivity index (χ2v) is 6.12. The molecule has 0 atom stereocenters. The maximum Gasteiger partial charge on any atom is 0.232 e. The molecule has 3 rings (SSSR count). The molecule has 4 heteroatoms. The van der Waals surface area contributed by atoms with Crippen LogP contribution in [0.3, 0.4) is 0 Å². The number of hydrogen-bond donors (Lipinski definition) is 1. The third-order valence-electron chi connectivity index (χ3n) is 4.40. The Morgan fingerprint density at radius 2 is 1.35 bits per heavy atom. The Bertz CT molecular complexity index is 585. The van der Waals surface area contributed by atoms with Gasteiger partial charge in [0.15, 0.2) is 0 Å². The van der Waals surface area contributed by atoms with Crippen molar-refractivity contribution in [2.75, 3.05) is 31.9 Å². The van der Waals surface area contributed by atoms with Gasteiger partial charge < -0.3 is 4.90 Å². The SMILES string of the molecule is O=C(CS)N1CCN(C(c2ccccc2)c2ccccc2)CC1. The molecule has 0 spiro atoms. The first-order valence-corrected chi connectivity index (χ1v) is 8.65. The highest BCUT2D eigenvalue weighted by atomic mass is 32.1. The molecule has 23 heavy (non-hydrogen) atoms. The highest BCUT2D eigenvalue weighted by Gasteiger charge is 2.27. The van der Waals surface area contributed by atoms with Crippen LogP contribution in [0.2, 0.25) is 0 Å². The normalized spacial score (nSPS) is 15.8. The van der Waals surface area contributed by atoms with Crippen molar-refractivity contribution in [3.05, 3.63) is 71.8 Å². The van der Waals surface area contributed by atoms with E-state index in [2.05, 4.69) is 78.2 Å². The number of thiol groups is 1. The van der Waals surface area contributed by atoms with Gasteiger partial charge in [0.05, 0.1) is 11.8 Å². The van der Waals surface area contributed by atoms with Crippen LogP contribution in [0.4, 0.5) is 0 Å². The number of hydrogen-bond acceptors (Lipinski definition) is 3. The van der Waals surface area contributed by atoms with Gasteiger partial charge in [-0.3, -0.25) is 9.69 Å². The largest absolute Gasteiger partial charge is 0.339 e. The summed E-state index contributed by atoms with van der Waals surface area (Å²) in [5.41, 5.74) is 2.60. The average Bonchev–Trinajstić information content (AvgIpc) is 2.64. The molecular weight excluding hydrogens is 304 g/mol. The summed E-state index contributed by atoms with van der Waals surface area (Å²) < 4.78 is 0. The maximum atomic E-state index is 11.8. The number of rotatable bonds is 4. The van der Waals surface area contributed by atoms with E-state index in [-0.39, 0.29) is 11.9 Å². The number of amides is 1. The van der Waals surface area contributed by atoms with Gasteiger partial charge in [-0.2, -0.15) is 12.6 Å². The lowest BCUT2D eigenvalue weighted by Gasteiger charge is -2.39. The first kappa shape index (κ1) is 16.1. The number of benzene rings is 2. The number of carbonyl (C=O) groups excluding carboxylic acids is 1. The maximum absolute atomic E-state index is 11.8. The zero-order valence-electron chi connectivity index (χ0n) is 13.1. The second-order valence-electron chi connectivity index (χ2n) is 5.80. The van der Waals surface area contributed by atoms with Gasteiger partial charge in [0.25, 0.3) is 0 Å². The zero-order chi connectivity index (χ0) is 16.1. The Morgan fingerprint density at radius 1 is 0.870 bits per heavy atom. The minimum Gasteiger partial charge on any atom is -0.339 e. The van der Waals surface area contributed by atoms with Crippen molar-refractivity contribution < 1.29 is 4.79 Å². The molecule has 3 nitrogen and oxygen atoms in total. The fraction of sp³-hybridized carbons (Fsp3) is 0.316. The fourth-order valence-corrected chi connectivity index (χ4v) is 3.41. The van der Waals surface area contributed by atoms with Crippen LogP contribution in [-0.2, 0) is 4.79 Å². The Morgan fingerprint density at radius 3 is 1.78 bits per heavy atom. The molecule has 0 aromatic heterocycles. The molecule has 1 aliphatic heterocycles. The lowest BCUT2D eigenvalue weighted by atomic mass is 9.96. The molecule has 1 aliphatic rings. The van der Waals surface area contributed by atoms with Crippen molar-refractivity contribution in [3.8, 4) is 0 Å². The first-order chi connectivity index (χ1) is 11.3. The van der Waals surface area contributed by atoms with Crippen LogP contribution in [0.5, 0.6) is 0 Å². The third kappa shape index (κ3) is 3.77. The topological polar surface area (TPSA) is 23.6 Å². The fourth-order valence-electron chi connectivity index (χ4n) is 3.21. The summed E-state index contributed by atoms with van der Waals surface area (Å²) in [6, 6.07) is 21.4. The monoisotopic (exact) mass is 326 g/mol. The van der Waals surface area contributed by atoms with Gasteiger partial charge in [-0.15, -0.1) is 0 Å². The number of nitrogens with zero attached hydrogens (tertiary/aromatic N) is 2. The van der Waals surface area contributed by atoms with E-state index in [0.717, 1.165) is 26.2 Å². The molecule has 0 saturated carbocycles. The smallest absolute Gasteiger partial charge is 0.232 e. The summed E-state index contributed by atoms with van der Waals surface area (Å²) in [5, 5.41) is 0. The van der Waals surface area contributed by atoms with E-state index < -0.39 is 0 Å². The minimum absolute atomic E-state index is 0.129. The van der Waals surface area contributed by atoms with Gasteiger partial charge in [0.2, 0.25) is 5.91 Å². The van der Waals surface area contributed by atoms with Crippen molar-refractivity contribution in [1.82, 2.24) is 9.80 Å².